The molecule has 4 aliphatic rings. The second-order valence-electron chi connectivity index (χ2n) is 11.3. The van der Waals surface area contributed by atoms with Crippen LogP contribution in [0.1, 0.15) is 26.2 Å². The lowest BCUT2D eigenvalue weighted by Crippen LogP contribution is -2.56. The van der Waals surface area contributed by atoms with E-state index < -0.39 is 29.1 Å². The van der Waals surface area contributed by atoms with Crippen molar-refractivity contribution in [2.24, 2.45) is 11.8 Å². The fraction of sp³-hybridized carbons (Fsp3) is 0.452. The molecule has 5 atom stereocenters. The number of carbonyl (C=O) groups excluding carboxylic acids is 3. The summed E-state index contributed by atoms with van der Waals surface area (Å²) in [5.74, 6) is -2.11. The summed E-state index contributed by atoms with van der Waals surface area (Å²) in [6.45, 7) is 3.08. The standard InChI is InChI=1S/C31H35N3O5/c1-30-14-8-16-32(2)27(36)24(30)25-28(37)34(17-6-3-7-19-35)26-29(38)33(18-9-15-31(25,26)39-30)23-13-12-21-10-4-5-11-22(21)20-23/h4-5,8-15,20,24-26,35H,3,6-7,16-19H2,1-2H3/t24-,25-,26?,30+,31-/m0/s1. The molecule has 4 heterocycles. The number of likely N-dealkylation sites (tertiary alicyclic amines) is 1. The summed E-state index contributed by atoms with van der Waals surface area (Å²) < 4.78 is 6.83. The third-order valence-corrected chi connectivity index (χ3v) is 8.86. The zero-order valence-corrected chi connectivity index (χ0v) is 22.5. The molecule has 3 amide bonds. The molecule has 2 saturated heterocycles. The number of ether oxygens (including phenoxy) is 1. The van der Waals surface area contributed by atoms with E-state index in [1.54, 1.807) is 21.7 Å². The van der Waals surface area contributed by atoms with Crippen molar-refractivity contribution in [3.05, 3.63) is 66.8 Å². The number of aliphatic hydroxyl groups excluding tert-OH is 1. The van der Waals surface area contributed by atoms with Crippen LogP contribution in [-0.2, 0) is 19.1 Å². The molecular formula is C31H35N3O5. The number of hydrogen-bond donors (Lipinski definition) is 1. The van der Waals surface area contributed by atoms with Crippen molar-refractivity contribution in [3.63, 3.8) is 0 Å². The Morgan fingerprint density at radius 3 is 2.46 bits per heavy atom. The van der Waals surface area contributed by atoms with E-state index in [4.69, 9.17) is 4.74 Å². The number of nitrogens with zero attached hydrogens (tertiary/aromatic N) is 3. The molecule has 0 aliphatic carbocycles. The van der Waals surface area contributed by atoms with Crippen molar-refractivity contribution in [3.8, 4) is 0 Å². The molecule has 4 aliphatic heterocycles. The Balaban J connectivity index is 1.44. The highest BCUT2D eigenvalue weighted by molar-refractivity contribution is 6.06. The maximum atomic E-state index is 14.5. The molecule has 204 valence electrons. The first kappa shape index (κ1) is 25.8. The van der Waals surface area contributed by atoms with E-state index in [0.29, 0.717) is 32.5 Å². The molecular weight excluding hydrogens is 494 g/mol. The van der Waals surface area contributed by atoms with Crippen molar-refractivity contribution in [1.29, 1.82) is 0 Å². The van der Waals surface area contributed by atoms with Crippen LogP contribution >= 0.6 is 0 Å². The fourth-order valence-electron chi connectivity index (χ4n) is 7.03. The molecule has 6 rings (SSSR count). The van der Waals surface area contributed by atoms with Gasteiger partial charge in [0.2, 0.25) is 11.8 Å². The molecule has 0 radical (unpaired) electrons. The van der Waals surface area contributed by atoms with Crippen LogP contribution in [0.4, 0.5) is 5.69 Å². The van der Waals surface area contributed by atoms with E-state index >= 15 is 0 Å². The monoisotopic (exact) mass is 529 g/mol. The molecule has 39 heavy (non-hydrogen) atoms. The Morgan fingerprint density at radius 2 is 1.67 bits per heavy atom. The molecule has 1 spiro atoms. The van der Waals surface area contributed by atoms with Gasteiger partial charge in [0.05, 0.1) is 17.4 Å². The minimum atomic E-state index is -1.26. The summed E-state index contributed by atoms with van der Waals surface area (Å²) in [6, 6.07) is 13.0. The predicted molar refractivity (Wildman–Crippen MR) is 148 cm³/mol. The Labute approximate surface area is 228 Å². The molecule has 0 bridgehead atoms. The summed E-state index contributed by atoms with van der Waals surface area (Å²) in [7, 11) is 1.74. The van der Waals surface area contributed by atoms with Crippen molar-refractivity contribution in [2.45, 2.75) is 43.4 Å². The normalized spacial score (nSPS) is 31.9. The van der Waals surface area contributed by atoms with Crippen LogP contribution < -0.4 is 4.90 Å². The molecule has 8 nitrogen and oxygen atoms in total. The summed E-state index contributed by atoms with van der Waals surface area (Å²) in [5.41, 5.74) is -1.51. The number of unbranched alkanes of at least 4 members (excludes halogenated alkanes) is 2. The number of rotatable bonds is 6. The lowest BCUT2D eigenvalue weighted by atomic mass is 9.74. The molecule has 1 unspecified atom stereocenters. The third-order valence-electron chi connectivity index (χ3n) is 8.86. The number of likely N-dealkylation sites (N-methyl/N-ethyl adjacent to an activating group) is 1. The van der Waals surface area contributed by atoms with Gasteiger partial charge in [-0.25, -0.2) is 0 Å². The zero-order valence-electron chi connectivity index (χ0n) is 22.5. The summed E-state index contributed by atoms with van der Waals surface area (Å²) >= 11 is 0. The smallest absolute Gasteiger partial charge is 0.253 e. The number of anilines is 1. The summed E-state index contributed by atoms with van der Waals surface area (Å²) in [4.78, 5) is 47.4. The van der Waals surface area contributed by atoms with Crippen molar-refractivity contribution in [1.82, 2.24) is 9.80 Å². The third kappa shape index (κ3) is 3.92. The summed E-state index contributed by atoms with van der Waals surface area (Å²) in [5, 5.41) is 11.4. The van der Waals surface area contributed by atoms with Gasteiger partial charge in [-0.05, 0) is 49.1 Å². The SMILES string of the molecule is CN1CC=C[C@@]2(C)O[C@]34C=CCN(c5ccc6ccccc6c5)C(=O)C3N(CCCCCO)C(=O)[C@@H]4[C@H]2C1=O. The van der Waals surface area contributed by atoms with Gasteiger partial charge in [-0.15, -0.1) is 0 Å². The van der Waals surface area contributed by atoms with Gasteiger partial charge in [-0.3, -0.25) is 14.4 Å². The number of aliphatic hydroxyl groups is 1. The Kier molecular flexibility index (Phi) is 6.35. The van der Waals surface area contributed by atoms with Crippen LogP contribution in [0.15, 0.2) is 66.8 Å². The van der Waals surface area contributed by atoms with E-state index in [-0.39, 0.29) is 24.3 Å². The highest BCUT2D eigenvalue weighted by Crippen LogP contribution is 2.57. The van der Waals surface area contributed by atoms with Gasteiger partial charge in [0, 0.05) is 39.0 Å². The van der Waals surface area contributed by atoms with Crippen molar-refractivity contribution in [2.75, 3.05) is 38.2 Å². The molecule has 0 saturated carbocycles. The average Bonchev–Trinajstić information content (AvgIpc) is 3.20. The van der Waals surface area contributed by atoms with Gasteiger partial charge in [0.25, 0.3) is 5.91 Å². The summed E-state index contributed by atoms with van der Waals surface area (Å²) in [6.07, 6.45) is 9.61. The van der Waals surface area contributed by atoms with Gasteiger partial charge in [-0.2, -0.15) is 0 Å². The van der Waals surface area contributed by atoms with E-state index in [1.165, 1.54) is 0 Å². The Hall–Kier alpha value is -3.49. The number of carbonyl (C=O) groups is 3. The molecule has 2 aromatic rings. The van der Waals surface area contributed by atoms with Crippen molar-refractivity contribution >= 4 is 34.2 Å². The van der Waals surface area contributed by atoms with Crippen molar-refractivity contribution < 1.29 is 24.2 Å². The largest absolute Gasteiger partial charge is 0.396 e. The van der Waals surface area contributed by atoms with Crippen LogP contribution in [0.3, 0.4) is 0 Å². The lowest BCUT2D eigenvalue weighted by Gasteiger charge is -2.37. The highest BCUT2D eigenvalue weighted by atomic mass is 16.5. The Morgan fingerprint density at radius 1 is 0.897 bits per heavy atom. The molecule has 8 heteroatoms. The quantitative estimate of drug-likeness (QED) is 0.459. The first-order chi connectivity index (χ1) is 18.8. The number of amides is 3. The van der Waals surface area contributed by atoms with E-state index in [2.05, 4.69) is 0 Å². The second kappa shape index (κ2) is 9.61. The van der Waals surface area contributed by atoms with Gasteiger partial charge in [0.15, 0.2) is 0 Å². The second-order valence-corrected chi connectivity index (χ2v) is 11.3. The van der Waals surface area contributed by atoms with Crippen LogP contribution in [0.25, 0.3) is 10.8 Å². The predicted octanol–water partition coefficient (Wildman–Crippen LogP) is 2.90. The zero-order chi connectivity index (χ0) is 27.4. The van der Waals surface area contributed by atoms with Crippen LogP contribution in [0.5, 0.6) is 0 Å². The first-order valence-electron chi connectivity index (χ1n) is 13.8. The van der Waals surface area contributed by atoms with Gasteiger partial charge in [-0.1, -0.05) is 54.6 Å². The maximum absolute atomic E-state index is 14.5. The van der Waals surface area contributed by atoms with Gasteiger partial charge in [0.1, 0.15) is 11.6 Å². The number of benzene rings is 2. The van der Waals surface area contributed by atoms with E-state index in [0.717, 1.165) is 22.9 Å². The Bertz CT molecular complexity index is 1390. The fourth-order valence-corrected chi connectivity index (χ4v) is 7.03. The average molecular weight is 530 g/mol. The van der Waals surface area contributed by atoms with Crippen LogP contribution in [-0.4, -0.2) is 83.2 Å². The van der Waals surface area contributed by atoms with Gasteiger partial charge < -0.3 is 24.5 Å². The molecule has 2 fully saturated rings. The van der Waals surface area contributed by atoms with E-state index in [1.807, 2.05) is 73.7 Å². The first-order valence-corrected chi connectivity index (χ1v) is 13.8. The van der Waals surface area contributed by atoms with Gasteiger partial charge >= 0.3 is 0 Å². The van der Waals surface area contributed by atoms with E-state index in [9.17, 15) is 19.5 Å². The minimum Gasteiger partial charge on any atom is -0.396 e. The topological polar surface area (TPSA) is 90.4 Å². The van der Waals surface area contributed by atoms with Crippen LogP contribution in [0, 0.1) is 11.8 Å². The highest BCUT2D eigenvalue weighted by Gasteiger charge is 2.74. The number of fused-ring (bicyclic) bond motifs is 3. The minimum absolute atomic E-state index is 0.0814. The molecule has 2 aromatic carbocycles. The maximum Gasteiger partial charge on any atom is 0.253 e. The lowest BCUT2D eigenvalue weighted by molar-refractivity contribution is -0.148. The molecule has 0 aromatic heterocycles. The molecule has 1 N–H and O–H groups in total. The number of hydrogen-bond acceptors (Lipinski definition) is 5. The van der Waals surface area contributed by atoms with Crippen LogP contribution in [0.2, 0.25) is 0 Å².